The van der Waals surface area contributed by atoms with E-state index in [1.807, 2.05) is 0 Å². The summed E-state index contributed by atoms with van der Waals surface area (Å²) in [5.74, 6) is 4.06. The van der Waals surface area contributed by atoms with Gasteiger partial charge in [-0.15, -0.1) is 0 Å². The predicted octanol–water partition coefficient (Wildman–Crippen LogP) is 10.1. The first-order valence-corrected chi connectivity index (χ1v) is 16.4. The molecule has 37 heavy (non-hydrogen) atoms. The highest BCUT2D eigenvalue weighted by molar-refractivity contribution is 5.81. The van der Waals surface area contributed by atoms with E-state index in [2.05, 4.69) is 38.1 Å². The molecule has 0 atom stereocenters. The molecule has 3 aliphatic carbocycles. The zero-order valence-electron chi connectivity index (χ0n) is 24.2. The van der Waals surface area contributed by atoms with Gasteiger partial charge in [-0.3, -0.25) is 4.79 Å². The molecule has 0 bridgehead atoms. The molecule has 3 fully saturated rings. The third-order valence-electron chi connectivity index (χ3n) is 11.1. The molecule has 3 aliphatic rings. The van der Waals surface area contributed by atoms with Crippen molar-refractivity contribution in [3.63, 3.8) is 0 Å². The Morgan fingerprint density at radius 3 is 1.76 bits per heavy atom. The summed E-state index contributed by atoms with van der Waals surface area (Å²) in [6.45, 7) is 4.56. The Bertz CT molecular complexity index is 787. The van der Waals surface area contributed by atoms with E-state index >= 15 is 0 Å². The minimum absolute atomic E-state index is 0.614. The van der Waals surface area contributed by atoms with Crippen molar-refractivity contribution in [2.24, 2.45) is 29.6 Å². The first-order chi connectivity index (χ1) is 18.0. The van der Waals surface area contributed by atoms with Crippen molar-refractivity contribution < 1.29 is 9.90 Å². The smallest absolute Gasteiger partial charge is 0.314 e. The first-order valence-electron chi connectivity index (χ1n) is 16.4. The standard InChI is InChI=1S/C35H56O2/c1-3-5-6-8-28-11-17-31(18-12-28)32-19-13-29(14-20-32)9-10-30-15-21-33(22-16-30)35(34(36)37)25-23-27(7-4-2)24-26-35/h15-16,21-22,27-29,31-32H,3-14,17-20,23-26H2,1-2H3,(H,36,37). The van der Waals surface area contributed by atoms with E-state index < -0.39 is 11.4 Å². The molecule has 0 amide bonds. The van der Waals surface area contributed by atoms with Gasteiger partial charge in [-0.25, -0.2) is 0 Å². The second-order valence-electron chi connectivity index (χ2n) is 13.4. The second-order valence-corrected chi connectivity index (χ2v) is 13.4. The van der Waals surface area contributed by atoms with Gasteiger partial charge in [0.1, 0.15) is 0 Å². The number of aliphatic carboxylic acids is 1. The Hall–Kier alpha value is -1.31. The molecule has 0 saturated heterocycles. The van der Waals surface area contributed by atoms with Crippen LogP contribution < -0.4 is 0 Å². The van der Waals surface area contributed by atoms with Crippen LogP contribution in [0.4, 0.5) is 0 Å². The zero-order valence-corrected chi connectivity index (χ0v) is 24.2. The van der Waals surface area contributed by atoms with Gasteiger partial charge in [-0.05, 0) is 105 Å². The summed E-state index contributed by atoms with van der Waals surface area (Å²) in [7, 11) is 0. The fourth-order valence-electron chi connectivity index (χ4n) is 8.43. The molecule has 2 nitrogen and oxygen atoms in total. The van der Waals surface area contributed by atoms with Crippen molar-refractivity contribution in [3.8, 4) is 0 Å². The number of carboxylic acids is 1. The summed E-state index contributed by atoms with van der Waals surface area (Å²) in [4.78, 5) is 12.4. The van der Waals surface area contributed by atoms with Crippen molar-refractivity contribution in [3.05, 3.63) is 35.4 Å². The van der Waals surface area contributed by atoms with Crippen molar-refractivity contribution in [2.45, 2.75) is 148 Å². The maximum atomic E-state index is 12.4. The number of benzene rings is 1. The number of rotatable bonds is 12. The number of aryl methyl sites for hydroxylation is 1. The summed E-state index contributed by atoms with van der Waals surface area (Å²) >= 11 is 0. The van der Waals surface area contributed by atoms with E-state index in [0.29, 0.717) is 0 Å². The molecule has 0 aliphatic heterocycles. The molecule has 4 rings (SSSR count). The van der Waals surface area contributed by atoms with Gasteiger partial charge < -0.3 is 5.11 Å². The number of carbonyl (C=O) groups is 1. The lowest BCUT2D eigenvalue weighted by Gasteiger charge is -2.38. The van der Waals surface area contributed by atoms with Gasteiger partial charge in [0.05, 0.1) is 5.41 Å². The van der Waals surface area contributed by atoms with Crippen molar-refractivity contribution in [1.82, 2.24) is 0 Å². The van der Waals surface area contributed by atoms with Crippen LogP contribution >= 0.6 is 0 Å². The van der Waals surface area contributed by atoms with Gasteiger partial charge in [0.15, 0.2) is 0 Å². The number of unbranched alkanes of at least 4 members (excludes halogenated alkanes) is 2. The molecular formula is C35H56O2. The lowest BCUT2D eigenvalue weighted by molar-refractivity contribution is -0.145. The van der Waals surface area contributed by atoms with Crippen molar-refractivity contribution in [2.75, 3.05) is 0 Å². The van der Waals surface area contributed by atoms with Gasteiger partial charge in [0.2, 0.25) is 0 Å². The maximum absolute atomic E-state index is 12.4. The van der Waals surface area contributed by atoms with Crippen LogP contribution in [0, 0.1) is 29.6 Å². The van der Waals surface area contributed by atoms with E-state index in [-0.39, 0.29) is 0 Å². The van der Waals surface area contributed by atoms with Crippen molar-refractivity contribution in [1.29, 1.82) is 0 Å². The molecule has 0 unspecified atom stereocenters. The maximum Gasteiger partial charge on any atom is 0.314 e. The van der Waals surface area contributed by atoms with Gasteiger partial charge in [0, 0.05) is 0 Å². The lowest BCUT2D eigenvalue weighted by atomic mass is 9.66. The number of carboxylic acid groups (broad SMARTS) is 1. The van der Waals surface area contributed by atoms with Gasteiger partial charge in [-0.1, -0.05) is 102 Å². The molecule has 0 heterocycles. The van der Waals surface area contributed by atoms with Crippen LogP contribution in [0.5, 0.6) is 0 Å². The van der Waals surface area contributed by atoms with Crippen LogP contribution in [0.1, 0.15) is 147 Å². The van der Waals surface area contributed by atoms with Gasteiger partial charge >= 0.3 is 5.97 Å². The average molecular weight is 509 g/mol. The van der Waals surface area contributed by atoms with Gasteiger partial charge in [0.25, 0.3) is 0 Å². The summed E-state index contributed by atoms with van der Waals surface area (Å²) in [6.07, 6.45) is 26.2. The van der Waals surface area contributed by atoms with Crippen LogP contribution in [0.15, 0.2) is 24.3 Å². The van der Waals surface area contributed by atoms with E-state index in [0.717, 1.165) is 67.3 Å². The molecule has 0 radical (unpaired) electrons. The lowest BCUT2D eigenvalue weighted by Crippen LogP contribution is -2.39. The molecule has 208 valence electrons. The third kappa shape index (κ3) is 7.63. The summed E-state index contributed by atoms with van der Waals surface area (Å²) in [6, 6.07) is 8.78. The van der Waals surface area contributed by atoms with E-state index in [1.165, 1.54) is 102 Å². The summed E-state index contributed by atoms with van der Waals surface area (Å²) in [5, 5.41) is 10.2. The second kappa shape index (κ2) is 14.2. The topological polar surface area (TPSA) is 37.3 Å². The molecular weight excluding hydrogens is 452 g/mol. The summed E-state index contributed by atoms with van der Waals surface area (Å²) in [5.41, 5.74) is 1.78. The Labute approximate surface area is 228 Å². The Balaban J connectivity index is 1.19. The van der Waals surface area contributed by atoms with Crippen molar-refractivity contribution >= 4 is 5.97 Å². The zero-order chi connectivity index (χ0) is 26.1. The highest BCUT2D eigenvalue weighted by Crippen LogP contribution is 2.44. The predicted molar refractivity (Wildman–Crippen MR) is 156 cm³/mol. The monoisotopic (exact) mass is 508 g/mol. The average Bonchev–Trinajstić information content (AvgIpc) is 2.94. The Morgan fingerprint density at radius 2 is 1.24 bits per heavy atom. The minimum Gasteiger partial charge on any atom is -0.481 e. The van der Waals surface area contributed by atoms with Crippen LogP contribution in [0.2, 0.25) is 0 Å². The summed E-state index contributed by atoms with van der Waals surface area (Å²) < 4.78 is 0. The number of hydrogen-bond acceptors (Lipinski definition) is 1. The Kier molecular flexibility index (Phi) is 11.0. The molecule has 0 spiro atoms. The van der Waals surface area contributed by atoms with E-state index in [4.69, 9.17) is 0 Å². The third-order valence-corrected chi connectivity index (χ3v) is 11.1. The van der Waals surface area contributed by atoms with E-state index in [9.17, 15) is 9.90 Å². The van der Waals surface area contributed by atoms with Gasteiger partial charge in [-0.2, -0.15) is 0 Å². The van der Waals surface area contributed by atoms with E-state index in [1.54, 1.807) is 0 Å². The fraction of sp³-hybridized carbons (Fsp3) is 0.800. The van der Waals surface area contributed by atoms with Crippen LogP contribution in [-0.2, 0) is 16.6 Å². The first kappa shape index (κ1) is 28.7. The SMILES string of the molecule is CCCCCC1CCC(C2CCC(CCc3ccc(C4(C(=O)O)CCC(CCC)CC4)cc3)CC2)CC1. The fourth-order valence-corrected chi connectivity index (χ4v) is 8.43. The van der Waals surface area contributed by atoms with Crippen LogP contribution in [-0.4, -0.2) is 11.1 Å². The molecule has 3 saturated carbocycles. The van der Waals surface area contributed by atoms with Crippen LogP contribution in [0.25, 0.3) is 0 Å². The Morgan fingerprint density at radius 1 is 0.703 bits per heavy atom. The quantitative estimate of drug-likeness (QED) is 0.285. The molecule has 1 N–H and O–H groups in total. The molecule has 0 aromatic heterocycles. The largest absolute Gasteiger partial charge is 0.481 e. The minimum atomic E-state index is -0.657. The molecule has 1 aromatic rings. The number of hydrogen-bond donors (Lipinski definition) is 1. The highest BCUT2D eigenvalue weighted by Gasteiger charge is 2.43. The molecule has 2 heteroatoms. The molecule has 1 aromatic carbocycles. The van der Waals surface area contributed by atoms with Crippen LogP contribution in [0.3, 0.4) is 0 Å². The highest BCUT2D eigenvalue weighted by atomic mass is 16.4. The normalized spacial score (nSPS) is 32.8.